The first-order chi connectivity index (χ1) is 12.1. The van der Waals surface area contributed by atoms with Gasteiger partial charge in [0.1, 0.15) is 22.8 Å². The van der Waals surface area contributed by atoms with Gasteiger partial charge in [-0.25, -0.2) is 19.9 Å². The lowest BCUT2D eigenvalue weighted by molar-refractivity contribution is 1.08. The number of nitrogens with zero attached hydrogens (tertiary/aromatic N) is 4. The second-order valence-electron chi connectivity index (χ2n) is 6.65. The van der Waals surface area contributed by atoms with Gasteiger partial charge in [-0.3, -0.25) is 0 Å². The van der Waals surface area contributed by atoms with Gasteiger partial charge in [-0.05, 0) is 51.8 Å². The maximum absolute atomic E-state index is 5.74. The smallest absolute Gasteiger partial charge is 0.158 e. The van der Waals surface area contributed by atoms with Gasteiger partial charge in [0.15, 0.2) is 17.2 Å². The number of hydrogen-bond donors (Lipinski definition) is 2. The van der Waals surface area contributed by atoms with Crippen LogP contribution in [-0.2, 0) is 0 Å². The van der Waals surface area contributed by atoms with Crippen molar-refractivity contribution in [1.29, 1.82) is 0 Å². The standard InChI is InChI=1S/C10H14BrN3Si.C7H6BrN3/c1-7-9(11)14-8(10(12)13-7)5-6-15(2,3)4;1-4-6(8)11-5-2-3-9-7(5)10-4/h1-4H3,(H2,12,13);2-3H,1H3,(H,9,10). The van der Waals surface area contributed by atoms with Crippen LogP contribution in [0.25, 0.3) is 11.2 Å². The van der Waals surface area contributed by atoms with Crippen LogP contribution in [0, 0.1) is 25.3 Å². The Morgan fingerprint density at radius 3 is 2.27 bits per heavy atom. The molecule has 0 spiro atoms. The Morgan fingerprint density at radius 1 is 1.00 bits per heavy atom. The van der Waals surface area contributed by atoms with E-state index in [2.05, 4.69) is 87.9 Å². The number of nitrogens with one attached hydrogen (secondary N) is 1. The molecule has 6 nitrogen and oxygen atoms in total. The summed E-state index contributed by atoms with van der Waals surface area (Å²) >= 11 is 6.63. The summed E-state index contributed by atoms with van der Waals surface area (Å²) in [5, 5.41) is 0. The van der Waals surface area contributed by atoms with Crippen LogP contribution in [0.15, 0.2) is 21.5 Å². The number of anilines is 1. The van der Waals surface area contributed by atoms with Crippen molar-refractivity contribution in [3.8, 4) is 11.5 Å². The maximum Gasteiger partial charge on any atom is 0.158 e. The zero-order chi connectivity index (χ0) is 19.5. The molecule has 0 aliphatic carbocycles. The Balaban J connectivity index is 0.000000195. The van der Waals surface area contributed by atoms with E-state index in [4.69, 9.17) is 5.73 Å². The first-order valence-electron chi connectivity index (χ1n) is 7.87. The minimum Gasteiger partial charge on any atom is -0.381 e. The molecule has 3 aromatic heterocycles. The third-order valence-corrected chi connectivity index (χ3v) is 5.47. The van der Waals surface area contributed by atoms with Crippen LogP contribution in [0.4, 0.5) is 5.82 Å². The molecular weight excluding hydrogens is 476 g/mol. The Kier molecular flexibility index (Phi) is 6.55. The van der Waals surface area contributed by atoms with Gasteiger partial charge < -0.3 is 10.7 Å². The van der Waals surface area contributed by atoms with Crippen molar-refractivity contribution in [2.45, 2.75) is 33.5 Å². The molecule has 0 saturated carbocycles. The van der Waals surface area contributed by atoms with E-state index >= 15 is 0 Å². The summed E-state index contributed by atoms with van der Waals surface area (Å²) < 4.78 is 1.51. The highest BCUT2D eigenvalue weighted by atomic mass is 79.9. The van der Waals surface area contributed by atoms with Crippen LogP contribution in [0.2, 0.25) is 19.6 Å². The molecule has 0 bridgehead atoms. The second-order valence-corrected chi connectivity index (χ2v) is 12.9. The summed E-state index contributed by atoms with van der Waals surface area (Å²) in [5.74, 6) is 3.41. The predicted molar refractivity (Wildman–Crippen MR) is 115 cm³/mol. The van der Waals surface area contributed by atoms with Gasteiger partial charge in [0, 0.05) is 6.20 Å². The topological polar surface area (TPSA) is 93.4 Å². The lowest BCUT2D eigenvalue weighted by Crippen LogP contribution is -2.16. The molecule has 0 aliphatic heterocycles. The monoisotopic (exact) mass is 494 g/mol. The molecule has 26 heavy (non-hydrogen) atoms. The highest BCUT2D eigenvalue weighted by molar-refractivity contribution is 9.10. The molecule has 3 rings (SSSR count). The van der Waals surface area contributed by atoms with Crippen LogP contribution >= 0.6 is 31.9 Å². The Labute approximate surface area is 170 Å². The SMILES string of the molecule is Cc1nc(N)c(C#C[Si](C)(C)C)nc1Br.Cc1nc2[nH]ccc2nc1Br. The zero-order valence-electron chi connectivity index (χ0n) is 15.3. The third-order valence-electron chi connectivity index (χ3n) is 3.10. The normalized spacial score (nSPS) is 10.7. The first kappa shape index (κ1) is 20.5. The quantitative estimate of drug-likeness (QED) is 0.356. The average molecular weight is 496 g/mol. The van der Waals surface area contributed by atoms with Crippen molar-refractivity contribution in [3.05, 3.63) is 38.6 Å². The molecule has 136 valence electrons. The summed E-state index contributed by atoms with van der Waals surface area (Å²) in [6.07, 6.45) is 1.83. The fourth-order valence-electron chi connectivity index (χ4n) is 1.79. The van der Waals surface area contributed by atoms with Crippen LogP contribution < -0.4 is 5.73 Å². The summed E-state index contributed by atoms with van der Waals surface area (Å²) in [5.41, 5.74) is 12.9. The summed E-state index contributed by atoms with van der Waals surface area (Å²) in [7, 11) is -1.39. The number of aromatic amines is 1. The van der Waals surface area contributed by atoms with Gasteiger partial charge in [0.25, 0.3) is 0 Å². The van der Waals surface area contributed by atoms with Gasteiger partial charge in [-0.15, -0.1) is 5.54 Å². The molecule has 0 radical (unpaired) electrons. The van der Waals surface area contributed by atoms with E-state index in [0.29, 0.717) is 16.1 Å². The minimum absolute atomic E-state index is 0.404. The first-order valence-corrected chi connectivity index (χ1v) is 13.0. The number of H-pyrrole nitrogens is 1. The number of nitrogens with two attached hydrogens (primary N) is 1. The predicted octanol–water partition coefficient (Wildman–Crippen LogP) is 4.39. The second kappa shape index (κ2) is 8.29. The minimum atomic E-state index is -1.39. The molecule has 0 amide bonds. The molecule has 0 fully saturated rings. The van der Waals surface area contributed by atoms with Gasteiger partial charge >= 0.3 is 0 Å². The maximum atomic E-state index is 5.74. The molecule has 3 N–H and O–H groups in total. The molecule has 0 saturated heterocycles. The molecular formula is C17H20Br2N6Si. The number of fused-ring (bicyclic) bond motifs is 1. The van der Waals surface area contributed by atoms with Gasteiger partial charge in [-0.2, -0.15) is 0 Å². The lowest BCUT2D eigenvalue weighted by Gasteiger charge is -2.04. The third kappa shape index (κ3) is 5.62. The average Bonchev–Trinajstić information content (AvgIpc) is 2.97. The summed E-state index contributed by atoms with van der Waals surface area (Å²) in [6, 6.07) is 1.90. The van der Waals surface area contributed by atoms with E-state index in [1.165, 1.54) is 0 Å². The molecule has 0 unspecified atom stereocenters. The lowest BCUT2D eigenvalue weighted by atomic mass is 10.4. The van der Waals surface area contributed by atoms with Crippen LogP contribution in [0.5, 0.6) is 0 Å². The van der Waals surface area contributed by atoms with E-state index in [-0.39, 0.29) is 0 Å². The molecule has 3 aromatic rings. The summed E-state index contributed by atoms with van der Waals surface area (Å²) in [6.45, 7) is 10.3. The van der Waals surface area contributed by atoms with E-state index in [1.54, 1.807) is 0 Å². The van der Waals surface area contributed by atoms with Crippen LogP contribution in [0.1, 0.15) is 17.1 Å². The van der Waals surface area contributed by atoms with Gasteiger partial charge in [0.05, 0.1) is 11.4 Å². The van der Waals surface area contributed by atoms with E-state index in [9.17, 15) is 0 Å². The summed E-state index contributed by atoms with van der Waals surface area (Å²) in [4.78, 5) is 19.9. The van der Waals surface area contributed by atoms with Crippen molar-refractivity contribution in [2.75, 3.05) is 5.73 Å². The highest BCUT2D eigenvalue weighted by Crippen LogP contribution is 2.15. The number of rotatable bonds is 0. The molecule has 0 aliphatic rings. The van der Waals surface area contributed by atoms with Crippen molar-refractivity contribution < 1.29 is 0 Å². The fraction of sp³-hybridized carbons (Fsp3) is 0.294. The highest BCUT2D eigenvalue weighted by Gasteiger charge is 2.09. The Bertz CT molecular complexity index is 962. The van der Waals surface area contributed by atoms with Crippen LogP contribution in [-0.4, -0.2) is 33.0 Å². The number of aryl methyl sites for hydroxylation is 2. The van der Waals surface area contributed by atoms with E-state index < -0.39 is 8.07 Å². The fourth-order valence-corrected chi connectivity index (χ4v) is 2.83. The molecule has 9 heteroatoms. The Morgan fingerprint density at radius 2 is 1.62 bits per heavy atom. The van der Waals surface area contributed by atoms with Crippen molar-refractivity contribution >= 4 is 56.9 Å². The number of hydrogen-bond acceptors (Lipinski definition) is 5. The number of nitrogen functional groups attached to an aromatic ring is 1. The van der Waals surface area contributed by atoms with E-state index in [1.807, 2.05) is 26.1 Å². The zero-order valence-corrected chi connectivity index (χ0v) is 19.4. The molecule has 0 atom stereocenters. The van der Waals surface area contributed by atoms with Gasteiger partial charge in [-0.1, -0.05) is 25.6 Å². The van der Waals surface area contributed by atoms with Crippen molar-refractivity contribution in [3.63, 3.8) is 0 Å². The van der Waals surface area contributed by atoms with Gasteiger partial charge in [0.2, 0.25) is 0 Å². The largest absolute Gasteiger partial charge is 0.381 e. The number of halogens is 2. The van der Waals surface area contributed by atoms with Crippen molar-refractivity contribution in [2.24, 2.45) is 0 Å². The van der Waals surface area contributed by atoms with E-state index in [0.717, 1.165) is 27.2 Å². The van der Waals surface area contributed by atoms with Crippen molar-refractivity contribution in [1.82, 2.24) is 24.9 Å². The molecule has 3 heterocycles. The van der Waals surface area contributed by atoms with Crippen LogP contribution in [0.3, 0.4) is 0 Å². The Hall–Kier alpha value is -1.76. The number of aromatic nitrogens is 5. The molecule has 0 aromatic carbocycles.